The topological polar surface area (TPSA) is 163 Å². The summed E-state index contributed by atoms with van der Waals surface area (Å²) in [6, 6.07) is 15.7. The van der Waals surface area contributed by atoms with Crippen molar-refractivity contribution >= 4 is 44.5 Å². The molecule has 61 heavy (non-hydrogen) atoms. The molecule has 3 N–H and O–H groups in total. The first-order valence-corrected chi connectivity index (χ1v) is 21.5. The van der Waals surface area contributed by atoms with Gasteiger partial charge < -0.3 is 24.7 Å². The van der Waals surface area contributed by atoms with E-state index < -0.39 is 57.6 Å². The van der Waals surface area contributed by atoms with Crippen molar-refractivity contribution in [2.45, 2.75) is 75.9 Å². The second-order valence-electron chi connectivity index (χ2n) is 15.8. The van der Waals surface area contributed by atoms with E-state index in [1.165, 1.54) is 6.20 Å². The predicted molar refractivity (Wildman–Crippen MR) is 219 cm³/mol. The molecule has 5 heterocycles. The Bertz CT molecular complexity index is 2700. The Morgan fingerprint density at radius 1 is 0.902 bits per heavy atom. The summed E-state index contributed by atoms with van der Waals surface area (Å²) in [5.41, 5.74) is 2.10. The van der Waals surface area contributed by atoms with E-state index in [2.05, 4.69) is 21.9 Å². The number of hydrogen-bond acceptors (Lipinski definition) is 8. The SMILES string of the molecule is C=C1CCC(N2Cc3cc(OC4CCC(Oc5ccc(-c6cnc7[nH]cc(C(=O)c8c(F)ccc(NS(=O)(=O)N9CC[C@@H](F)C9)c8F)c7c6)cc5)CC4)ccc3C2=O)C(=O)N1. The molecule has 2 amide bonds. The van der Waals surface area contributed by atoms with Crippen LogP contribution >= 0.6 is 0 Å². The third-order valence-corrected chi connectivity index (χ3v) is 13.3. The number of carbonyl (C=O) groups is 3. The Labute approximate surface area is 349 Å². The van der Waals surface area contributed by atoms with E-state index in [0.717, 1.165) is 53.2 Å². The van der Waals surface area contributed by atoms with Gasteiger partial charge in [0, 0.05) is 59.8 Å². The average molecular weight is 855 g/mol. The number of piperidine rings is 1. The van der Waals surface area contributed by atoms with Crippen LogP contribution in [0, 0.1) is 11.6 Å². The average Bonchev–Trinajstić information content (AvgIpc) is 3.97. The minimum absolute atomic E-state index is 0.00286. The van der Waals surface area contributed by atoms with Crippen molar-refractivity contribution in [3.63, 3.8) is 0 Å². The first-order valence-electron chi connectivity index (χ1n) is 20.1. The number of benzene rings is 3. The summed E-state index contributed by atoms with van der Waals surface area (Å²) >= 11 is 0. The molecule has 316 valence electrons. The third-order valence-electron chi connectivity index (χ3n) is 11.8. The number of nitrogens with zero attached hydrogens (tertiary/aromatic N) is 3. The van der Waals surface area contributed by atoms with Crippen molar-refractivity contribution in [3.8, 4) is 22.6 Å². The van der Waals surface area contributed by atoms with Gasteiger partial charge in [-0.1, -0.05) is 18.7 Å². The summed E-state index contributed by atoms with van der Waals surface area (Å²) in [5, 5.41) is 3.06. The first-order chi connectivity index (χ1) is 29.3. The highest BCUT2D eigenvalue weighted by Crippen LogP contribution is 2.35. The fourth-order valence-electron chi connectivity index (χ4n) is 8.52. The van der Waals surface area contributed by atoms with Crippen LogP contribution in [0.15, 0.2) is 85.3 Å². The van der Waals surface area contributed by atoms with Crippen molar-refractivity contribution < 1.29 is 45.4 Å². The Morgan fingerprint density at radius 3 is 2.33 bits per heavy atom. The van der Waals surface area contributed by atoms with Gasteiger partial charge in [0.25, 0.3) is 5.91 Å². The maximum atomic E-state index is 15.7. The summed E-state index contributed by atoms with van der Waals surface area (Å²) in [7, 11) is -4.36. The van der Waals surface area contributed by atoms with Crippen LogP contribution in [0.3, 0.4) is 0 Å². The second kappa shape index (κ2) is 16.0. The number of H-pyrrole nitrogens is 1. The number of aromatic nitrogens is 2. The van der Waals surface area contributed by atoms with Crippen LogP contribution in [0.1, 0.15) is 76.8 Å². The molecule has 1 saturated carbocycles. The van der Waals surface area contributed by atoms with Crippen molar-refractivity contribution in [2.24, 2.45) is 0 Å². The van der Waals surface area contributed by atoms with Gasteiger partial charge in [-0.3, -0.25) is 19.1 Å². The highest BCUT2D eigenvalue weighted by atomic mass is 32.2. The number of ketones is 1. The molecule has 5 aromatic rings. The van der Waals surface area contributed by atoms with Gasteiger partial charge >= 0.3 is 10.2 Å². The minimum atomic E-state index is -4.36. The number of halogens is 3. The van der Waals surface area contributed by atoms with Gasteiger partial charge in [0.05, 0.1) is 23.5 Å². The van der Waals surface area contributed by atoms with Crippen molar-refractivity contribution in [1.82, 2.24) is 24.5 Å². The Hall–Kier alpha value is -6.20. The molecule has 1 unspecified atom stereocenters. The smallest absolute Gasteiger partial charge is 0.301 e. The molecule has 1 aliphatic carbocycles. The number of amides is 2. The number of aromatic amines is 1. The molecule has 17 heteroatoms. The van der Waals surface area contributed by atoms with E-state index in [1.807, 2.05) is 41.1 Å². The lowest BCUT2D eigenvalue weighted by atomic mass is 9.94. The number of pyridine rings is 1. The molecule has 2 aromatic heterocycles. The van der Waals surface area contributed by atoms with Gasteiger partial charge in [-0.05, 0) is 105 Å². The van der Waals surface area contributed by atoms with E-state index in [4.69, 9.17) is 9.47 Å². The number of alkyl halides is 1. The maximum Gasteiger partial charge on any atom is 0.301 e. The monoisotopic (exact) mass is 854 g/mol. The Kier molecular flexibility index (Phi) is 10.6. The summed E-state index contributed by atoms with van der Waals surface area (Å²) in [5.74, 6) is -2.61. The van der Waals surface area contributed by atoms with Crippen LogP contribution in [0.2, 0.25) is 0 Å². The molecule has 4 aliphatic rings. The maximum absolute atomic E-state index is 15.7. The lowest BCUT2D eigenvalue weighted by molar-refractivity contribution is -0.126. The van der Waals surface area contributed by atoms with E-state index >= 15 is 8.78 Å². The van der Waals surface area contributed by atoms with Gasteiger partial charge in [-0.15, -0.1) is 0 Å². The first kappa shape index (κ1) is 40.2. The quantitative estimate of drug-likeness (QED) is 0.120. The highest BCUT2D eigenvalue weighted by molar-refractivity contribution is 7.90. The van der Waals surface area contributed by atoms with E-state index in [-0.39, 0.29) is 42.6 Å². The standard InChI is InChI=1S/C44H41F3N6O7S/c1-24-2-15-38(43(55)50-24)53-22-27-18-32(11-12-33(27)44(53)56)60-31-9-7-30(8-10-31)59-29-5-3-25(4-6-29)26-19-34-35(21-49-42(34)48-20-26)41(54)39-36(46)13-14-37(40(39)47)51-61(57,58)52-17-16-28(45)23-52/h3-6,11-14,18-21,28,30-31,38,51H,1-2,7-10,15-17,22-23H2,(H,48,49)(H,50,55)/t28-,30?,31?,38?/m1/s1. The lowest BCUT2D eigenvalue weighted by Crippen LogP contribution is -2.49. The van der Waals surface area contributed by atoms with Crippen LogP contribution in [0.25, 0.3) is 22.2 Å². The zero-order valence-electron chi connectivity index (χ0n) is 32.8. The molecular formula is C44H41F3N6O7S. The van der Waals surface area contributed by atoms with Gasteiger partial charge in [0.2, 0.25) is 11.7 Å². The van der Waals surface area contributed by atoms with E-state index in [9.17, 15) is 27.2 Å². The minimum Gasteiger partial charge on any atom is -0.490 e. The molecule has 9 rings (SSSR count). The summed E-state index contributed by atoms with van der Waals surface area (Å²) in [6.07, 6.45) is 5.75. The van der Waals surface area contributed by atoms with E-state index in [1.54, 1.807) is 23.2 Å². The number of fused-ring (bicyclic) bond motifs is 2. The number of hydrogen-bond donors (Lipinski definition) is 3. The Balaban J connectivity index is 0.818. The number of nitrogens with one attached hydrogen (secondary N) is 3. The largest absolute Gasteiger partial charge is 0.490 e. The normalized spacial score (nSPS) is 22.0. The van der Waals surface area contributed by atoms with Crippen LogP contribution in [-0.2, 0) is 21.5 Å². The molecule has 2 atom stereocenters. The lowest BCUT2D eigenvalue weighted by Gasteiger charge is -2.30. The molecule has 3 aromatic carbocycles. The number of rotatable bonds is 11. The molecule has 0 spiro atoms. The molecule has 3 fully saturated rings. The van der Waals surface area contributed by atoms with Crippen LogP contribution in [0.5, 0.6) is 11.5 Å². The van der Waals surface area contributed by atoms with Crippen molar-refractivity contribution in [2.75, 3.05) is 17.8 Å². The fraction of sp³-hybridized carbons (Fsp3) is 0.318. The summed E-state index contributed by atoms with van der Waals surface area (Å²) in [4.78, 5) is 48.3. The molecular weight excluding hydrogens is 814 g/mol. The zero-order chi connectivity index (χ0) is 42.6. The predicted octanol–water partition coefficient (Wildman–Crippen LogP) is 6.96. The van der Waals surface area contributed by atoms with Crippen LogP contribution < -0.4 is 19.5 Å². The summed E-state index contributed by atoms with van der Waals surface area (Å²) in [6.45, 7) is 3.68. The Morgan fingerprint density at radius 2 is 1.62 bits per heavy atom. The molecule has 13 nitrogen and oxygen atoms in total. The van der Waals surface area contributed by atoms with Gasteiger partial charge in [0.1, 0.15) is 35.2 Å². The number of ether oxygens (including phenoxy) is 2. The molecule has 0 bridgehead atoms. The van der Waals surface area contributed by atoms with Crippen LogP contribution in [0.4, 0.5) is 18.9 Å². The second-order valence-corrected chi connectivity index (χ2v) is 17.5. The fourth-order valence-corrected chi connectivity index (χ4v) is 9.78. The number of anilines is 1. The van der Waals surface area contributed by atoms with Crippen LogP contribution in [-0.4, -0.2) is 82.7 Å². The van der Waals surface area contributed by atoms with Crippen molar-refractivity contribution in [1.29, 1.82) is 0 Å². The molecule has 3 aliphatic heterocycles. The van der Waals surface area contributed by atoms with E-state index in [0.29, 0.717) is 58.7 Å². The zero-order valence-corrected chi connectivity index (χ0v) is 33.6. The van der Waals surface area contributed by atoms with Gasteiger partial charge in [-0.25, -0.2) is 18.2 Å². The highest BCUT2D eigenvalue weighted by Gasteiger charge is 2.39. The van der Waals surface area contributed by atoms with Gasteiger partial charge in [-0.2, -0.15) is 12.7 Å². The third kappa shape index (κ3) is 7.94. The number of carbonyl (C=O) groups excluding carboxylic acids is 3. The molecule has 0 radical (unpaired) electrons. The molecule has 2 saturated heterocycles. The van der Waals surface area contributed by atoms with Crippen molar-refractivity contribution in [3.05, 3.63) is 119 Å². The number of allylic oxidation sites excluding steroid dienone is 1. The summed E-state index contributed by atoms with van der Waals surface area (Å²) < 4.78 is 85.5. The van der Waals surface area contributed by atoms with Gasteiger partial charge in [0.15, 0.2) is 5.82 Å².